The Balaban J connectivity index is 2.47. The van der Waals surface area contributed by atoms with Gasteiger partial charge in [-0.25, -0.2) is 0 Å². The molecular formula is C16H23Br2N. The Labute approximate surface area is 133 Å². The van der Waals surface area contributed by atoms with E-state index in [4.69, 9.17) is 0 Å². The van der Waals surface area contributed by atoms with Gasteiger partial charge < -0.3 is 5.32 Å². The summed E-state index contributed by atoms with van der Waals surface area (Å²) in [5, 5.41) is 3.74. The summed E-state index contributed by atoms with van der Waals surface area (Å²) in [4.78, 5) is 0. The summed E-state index contributed by atoms with van der Waals surface area (Å²) in [6.07, 6.45) is 4.89. The zero-order chi connectivity index (χ0) is 14.0. The molecule has 0 bridgehead atoms. The lowest BCUT2D eigenvalue weighted by Gasteiger charge is -2.24. The molecule has 106 valence electrons. The second-order valence-electron chi connectivity index (χ2n) is 5.77. The summed E-state index contributed by atoms with van der Waals surface area (Å²) < 4.78 is 2.58. The van der Waals surface area contributed by atoms with E-state index in [0.29, 0.717) is 6.04 Å². The fourth-order valence-corrected chi connectivity index (χ4v) is 4.35. The molecule has 0 spiro atoms. The molecule has 1 nitrogen and oxygen atoms in total. The molecule has 1 aliphatic rings. The van der Waals surface area contributed by atoms with Gasteiger partial charge in [-0.3, -0.25) is 0 Å². The van der Waals surface area contributed by atoms with E-state index >= 15 is 0 Å². The molecule has 0 aromatic heterocycles. The van der Waals surface area contributed by atoms with Crippen LogP contribution < -0.4 is 5.32 Å². The summed E-state index contributed by atoms with van der Waals surface area (Å²) in [6.45, 7) is 7.88. The van der Waals surface area contributed by atoms with Gasteiger partial charge in [0.25, 0.3) is 0 Å². The van der Waals surface area contributed by atoms with Crippen LogP contribution in [0.25, 0.3) is 0 Å². The second kappa shape index (κ2) is 6.73. The van der Waals surface area contributed by atoms with Crippen LogP contribution >= 0.6 is 31.9 Å². The molecule has 3 heteroatoms. The van der Waals surface area contributed by atoms with Crippen molar-refractivity contribution >= 4 is 31.9 Å². The van der Waals surface area contributed by atoms with Gasteiger partial charge in [0, 0.05) is 15.0 Å². The first-order valence-electron chi connectivity index (χ1n) is 7.25. The van der Waals surface area contributed by atoms with Crippen molar-refractivity contribution in [1.29, 1.82) is 0 Å². The third kappa shape index (κ3) is 3.43. The van der Waals surface area contributed by atoms with Gasteiger partial charge >= 0.3 is 0 Å². The van der Waals surface area contributed by atoms with Gasteiger partial charge in [0.2, 0.25) is 0 Å². The van der Waals surface area contributed by atoms with Crippen LogP contribution in [0.15, 0.2) is 15.0 Å². The third-order valence-corrected chi connectivity index (χ3v) is 5.81. The molecule has 2 rings (SSSR count). The smallest absolute Gasteiger partial charge is 0.0337 e. The van der Waals surface area contributed by atoms with Crippen molar-refractivity contribution in [2.45, 2.75) is 52.5 Å². The zero-order valence-corrected chi connectivity index (χ0v) is 15.2. The highest BCUT2D eigenvalue weighted by Crippen LogP contribution is 2.41. The first-order valence-corrected chi connectivity index (χ1v) is 8.83. The molecule has 1 aliphatic carbocycles. The van der Waals surface area contributed by atoms with E-state index in [9.17, 15) is 0 Å². The Morgan fingerprint density at radius 2 is 2.11 bits per heavy atom. The van der Waals surface area contributed by atoms with Crippen molar-refractivity contribution < 1.29 is 0 Å². The molecule has 0 fully saturated rings. The van der Waals surface area contributed by atoms with Crippen molar-refractivity contribution in [3.8, 4) is 0 Å². The number of aryl methyl sites for hydroxylation is 1. The molecule has 1 aromatic rings. The molecule has 0 saturated carbocycles. The number of nitrogens with one attached hydrogen (secondary N) is 1. The molecule has 1 aromatic carbocycles. The number of hydrogen-bond donors (Lipinski definition) is 1. The molecule has 0 radical (unpaired) electrons. The van der Waals surface area contributed by atoms with Crippen molar-refractivity contribution in [2.75, 3.05) is 6.54 Å². The Kier molecular flexibility index (Phi) is 5.50. The lowest BCUT2D eigenvalue weighted by atomic mass is 9.95. The van der Waals surface area contributed by atoms with Gasteiger partial charge in [-0.2, -0.15) is 0 Å². The summed E-state index contributed by atoms with van der Waals surface area (Å²) >= 11 is 7.59. The molecule has 2 unspecified atom stereocenters. The fraction of sp³-hybridized carbons (Fsp3) is 0.625. The zero-order valence-electron chi connectivity index (χ0n) is 12.0. The summed E-state index contributed by atoms with van der Waals surface area (Å²) in [6, 6.07) is 2.73. The van der Waals surface area contributed by atoms with E-state index in [-0.39, 0.29) is 0 Å². The Hall–Kier alpha value is 0.140. The predicted octanol–water partition coefficient (Wildman–Crippen LogP) is 5.53. The number of hydrogen-bond acceptors (Lipinski definition) is 1. The Morgan fingerprint density at radius 3 is 2.79 bits per heavy atom. The first kappa shape index (κ1) is 15.5. The first-order chi connectivity index (χ1) is 9.04. The minimum atomic E-state index is 0.484. The largest absolute Gasteiger partial charge is 0.310 e. The van der Waals surface area contributed by atoms with E-state index < -0.39 is 0 Å². The summed E-state index contributed by atoms with van der Waals surface area (Å²) in [7, 11) is 0. The van der Waals surface area contributed by atoms with E-state index in [1.807, 2.05) is 0 Å². The quantitative estimate of drug-likeness (QED) is 0.670. The maximum atomic E-state index is 3.83. The molecule has 1 N–H and O–H groups in total. The number of benzene rings is 1. The maximum absolute atomic E-state index is 3.83. The predicted molar refractivity (Wildman–Crippen MR) is 89.7 cm³/mol. The Morgan fingerprint density at radius 1 is 1.37 bits per heavy atom. The van der Waals surface area contributed by atoms with Crippen LogP contribution in [-0.4, -0.2) is 6.54 Å². The Bertz CT molecular complexity index is 457. The number of rotatable bonds is 3. The van der Waals surface area contributed by atoms with Gasteiger partial charge in [-0.1, -0.05) is 45.7 Å². The molecule has 19 heavy (non-hydrogen) atoms. The van der Waals surface area contributed by atoms with Crippen LogP contribution in [-0.2, 0) is 6.42 Å². The number of halogens is 2. The van der Waals surface area contributed by atoms with Crippen LogP contribution in [0, 0.1) is 12.8 Å². The highest BCUT2D eigenvalue weighted by molar-refractivity contribution is 9.11. The van der Waals surface area contributed by atoms with Crippen LogP contribution in [0.2, 0.25) is 0 Å². The minimum Gasteiger partial charge on any atom is -0.310 e. The van der Waals surface area contributed by atoms with Crippen molar-refractivity contribution in [1.82, 2.24) is 5.32 Å². The second-order valence-corrected chi connectivity index (χ2v) is 7.42. The van der Waals surface area contributed by atoms with Crippen LogP contribution in [0.4, 0.5) is 0 Å². The van der Waals surface area contributed by atoms with E-state index in [1.165, 1.54) is 51.3 Å². The maximum Gasteiger partial charge on any atom is 0.0337 e. The molecule has 0 saturated heterocycles. The number of fused-ring (bicyclic) bond motifs is 1. The SMILES string of the molecule is CCCNC1CC(C)CCc2c(Br)cc(C)c(Br)c21. The summed E-state index contributed by atoms with van der Waals surface area (Å²) in [5.74, 6) is 0.779. The van der Waals surface area contributed by atoms with Gasteiger partial charge in [0.05, 0.1) is 0 Å². The monoisotopic (exact) mass is 387 g/mol. The lowest BCUT2D eigenvalue weighted by molar-refractivity contribution is 0.408. The van der Waals surface area contributed by atoms with E-state index in [1.54, 1.807) is 0 Å². The lowest BCUT2D eigenvalue weighted by Crippen LogP contribution is -2.24. The normalized spacial score (nSPS) is 23.0. The van der Waals surface area contributed by atoms with E-state index in [2.05, 4.69) is 64.0 Å². The average molecular weight is 389 g/mol. The van der Waals surface area contributed by atoms with E-state index in [0.717, 1.165) is 12.5 Å². The molecule has 0 heterocycles. The standard InChI is InChI=1S/C16H23Br2N/c1-4-7-19-14-8-10(2)5-6-12-13(17)9-11(3)16(18)15(12)14/h9-10,14,19H,4-8H2,1-3H3. The van der Waals surface area contributed by atoms with Crippen LogP contribution in [0.5, 0.6) is 0 Å². The molecular weight excluding hydrogens is 366 g/mol. The van der Waals surface area contributed by atoms with Crippen molar-refractivity contribution in [2.24, 2.45) is 5.92 Å². The highest BCUT2D eigenvalue weighted by atomic mass is 79.9. The molecule has 0 aliphatic heterocycles. The van der Waals surface area contributed by atoms with Gasteiger partial charge in [-0.15, -0.1) is 0 Å². The van der Waals surface area contributed by atoms with Crippen molar-refractivity contribution in [3.05, 3.63) is 31.7 Å². The third-order valence-electron chi connectivity index (χ3n) is 4.05. The minimum absolute atomic E-state index is 0.484. The average Bonchev–Trinajstić information content (AvgIpc) is 2.53. The van der Waals surface area contributed by atoms with Gasteiger partial charge in [0.15, 0.2) is 0 Å². The fourth-order valence-electron chi connectivity index (χ4n) is 2.96. The van der Waals surface area contributed by atoms with Gasteiger partial charge in [-0.05, 0) is 67.8 Å². The topological polar surface area (TPSA) is 12.0 Å². The summed E-state index contributed by atoms with van der Waals surface area (Å²) in [5.41, 5.74) is 4.31. The molecule has 0 amide bonds. The molecule has 2 atom stereocenters. The van der Waals surface area contributed by atoms with Crippen LogP contribution in [0.1, 0.15) is 55.8 Å². The highest BCUT2D eigenvalue weighted by Gasteiger charge is 2.26. The van der Waals surface area contributed by atoms with Gasteiger partial charge in [0.1, 0.15) is 0 Å². The van der Waals surface area contributed by atoms with Crippen molar-refractivity contribution in [3.63, 3.8) is 0 Å². The van der Waals surface area contributed by atoms with Crippen LogP contribution in [0.3, 0.4) is 0 Å².